The first-order valence-electron chi connectivity index (χ1n) is 10.0. The molecule has 1 fully saturated rings. The van der Waals surface area contributed by atoms with Gasteiger partial charge in [0.1, 0.15) is 5.02 Å². The Bertz CT molecular complexity index is 1080. The van der Waals surface area contributed by atoms with Crippen LogP contribution in [0, 0.1) is 0 Å². The van der Waals surface area contributed by atoms with Crippen LogP contribution in [0.25, 0.3) is 5.69 Å². The van der Waals surface area contributed by atoms with Crippen molar-refractivity contribution in [1.29, 1.82) is 0 Å². The van der Waals surface area contributed by atoms with Gasteiger partial charge in [-0.1, -0.05) is 29.8 Å². The molecule has 3 heterocycles. The van der Waals surface area contributed by atoms with Crippen LogP contribution in [0.15, 0.2) is 59.8 Å². The maximum atomic E-state index is 12.7. The molecule has 0 atom stereocenters. The Labute approximate surface area is 184 Å². The molecule has 2 aromatic heterocycles. The van der Waals surface area contributed by atoms with Crippen molar-refractivity contribution in [1.82, 2.24) is 24.6 Å². The Kier molecular flexibility index (Phi) is 6.42. The molecule has 31 heavy (non-hydrogen) atoms. The minimum Gasteiger partial charge on any atom is -0.365 e. The first-order valence-corrected chi connectivity index (χ1v) is 10.4. The molecular weight excluding hydrogens is 418 g/mol. The highest BCUT2D eigenvalue weighted by Gasteiger charge is 2.24. The Morgan fingerprint density at radius 2 is 1.74 bits per heavy atom. The van der Waals surface area contributed by atoms with E-state index in [1.165, 1.54) is 4.68 Å². The quantitative estimate of drug-likeness (QED) is 0.625. The summed E-state index contributed by atoms with van der Waals surface area (Å²) in [7, 11) is 0. The summed E-state index contributed by atoms with van der Waals surface area (Å²) < 4.78 is 1.29. The lowest BCUT2D eigenvalue weighted by molar-refractivity contribution is -0.131. The number of benzene rings is 1. The third kappa shape index (κ3) is 4.83. The van der Waals surface area contributed by atoms with Crippen LogP contribution in [0.1, 0.15) is 6.42 Å². The number of carbonyl (C=O) groups is 1. The predicted molar refractivity (Wildman–Crippen MR) is 119 cm³/mol. The first kappa shape index (κ1) is 20.8. The Morgan fingerprint density at radius 3 is 2.45 bits per heavy atom. The number of amides is 1. The average molecular weight is 440 g/mol. The van der Waals surface area contributed by atoms with E-state index in [0.29, 0.717) is 56.5 Å². The van der Waals surface area contributed by atoms with E-state index in [9.17, 15) is 9.59 Å². The van der Waals surface area contributed by atoms with Crippen molar-refractivity contribution in [2.45, 2.75) is 6.42 Å². The van der Waals surface area contributed by atoms with Crippen LogP contribution in [0.2, 0.25) is 5.02 Å². The number of para-hydroxylation sites is 1. The van der Waals surface area contributed by atoms with Gasteiger partial charge in [0, 0.05) is 51.5 Å². The predicted octanol–water partition coefficient (Wildman–Crippen LogP) is 1.83. The lowest BCUT2D eigenvalue weighted by Crippen LogP contribution is -2.49. The van der Waals surface area contributed by atoms with Crippen molar-refractivity contribution in [2.75, 3.05) is 42.9 Å². The van der Waals surface area contributed by atoms with Crippen molar-refractivity contribution >= 4 is 29.1 Å². The molecule has 160 valence electrons. The number of nitrogens with one attached hydrogen (secondary N) is 1. The second kappa shape index (κ2) is 9.57. The highest BCUT2D eigenvalue weighted by atomic mass is 35.5. The molecule has 0 aliphatic carbocycles. The largest absolute Gasteiger partial charge is 0.365 e. The molecule has 1 aliphatic heterocycles. The molecule has 1 saturated heterocycles. The van der Waals surface area contributed by atoms with Crippen LogP contribution in [0.4, 0.5) is 11.6 Å². The van der Waals surface area contributed by atoms with Gasteiger partial charge >= 0.3 is 0 Å². The fourth-order valence-corrected chi connectivity index (χ4v) is 3.67. The van der Waals surface area contributed by atoms with E-state index >= 15 is 0 Å². The van der Waals surface area contributed by atoms with Gasteiger partial charge in [0.15, 0.2) is 0 Å². The van der Waals surface area contributed by atoms with E-state index < -0.39 is 0 Å². The van der Waals surface area contributed by atoms with E-state index in [1.807, 2.05) is 28.0 Å². The van der Waals surface area contributed by atoms with E-state index in [4.69, 9.17) is 11.6 Å². The van der Waals surface area contributed by atoms with Crippen molar-refractivity contribution in [3.8, 4) is 5.69 Å². The van der Waals surface area contributed by atoms with Crippen LogP contribution in [-0.4, -0.2) is 63.3 Å². The van der Waals surface area contributed by atoms with E-state index in [-0.39, 0.29) is 16.5 Å². The van der Waals surface area contributed by atoms with Crippen LogP contribution < -0.4 is 15.8 Å². The number of nitrogens with zero attached hydrogens (tertiary/aromatic N) is 6. The maximum Gasteiger partial charge on any atom is 0.292 e. The monoisotopic (exact) mass is 439 g/mol. The summed E-state index contributed by atoms with van der Waals surface area (Å²) >= 11 is 6.39. The van der Waals surface area contributed by atoms with Crippen LogP contribution in [0.5, 0.6) is 0 Å². The van der Waals surface area contributed by atoms with Crippen molar-refractivity contribution in [3.05, 3.63) is 70.4 Å². The second-order valence-corrected chi connectivity index (χ2v) is 7.39. The van der Waals surface area contributed by atoms with Gasteiger partial charge in [0.2, 0.25) is 11.9 Å². The highest BCUT2D eigenvalue weighted by molar-refractivity contribution is 6.33. The van der Waals surface area contributed by atoms with Gasteiger partial charge in [0.05, 0.1) is 17.6 Å². The van der Waals surface area contributed by atoms with Gasteiger partial charge in [-0.15, -0.1) is 0 Å². The summed E-state index contributed by atoms with van der Waals surface area (Å²) in [4.78, 5) is 37.1. The highest BCUT2D eigenvalue weighted by Crippen LogP contribution is 2.23. The lowest BCUT2D eigenvalue weighted by atomic mass is 10.2. The minimum atomic E-state index is -0.363. The standard InChI is InChI=1S/C21H22ClN7O2/c22-19-17(15-26-29(20(19)31)16-5-2-1-3-6-16)27-11-13-28(14-12-27)18(30)7-10-25-21-23-8-4-9-24-21/h1-6,8-9,15H,7,10-14H2,(H,23,24,25). The zero-order chi connectivity index (χ0) is 21.6. The number of hydrogen-bond acceptors (Lipinski definition) is 7. The van der Waals surface area contributed by atoms with E-state index in [0.717, 1.165) is 0 Å². The first-order chi connectivity index (χ1) is 15.1. The molecule has 10 heteroatoms. The number of carbonyl (C=O) groups excluding carboxylic acids is 1. The number of anilines is 2. The fraction of sp³-hybridized carbons (Fsp3) is 0.286. The van der Waals surface area contributed by atoms with Gasteiger partial charge in [-0.25, -0.2) is 9.97 Å². The Morgan fingerprint density at radius 1 is 1.03 bits per heavy atom. The maximum absolute atomic E-state index is 12.7. The SMILES string of the molecule is O=C(CCNc1ncccn1)N1CCN(c2cnn(-c3ccccc3)c(=O)c2Cl)CC1. The van der Waals surface area contributed by atoms with Crippen LogP contribution >= 0.6 is 11.6 Å². The summed E-state index contributed by atoms with van der Waals surface area (Å²) in [5.41, 5.74) is 0.887. The smallest absolute Gasteiger partial charge is 0.292 e. The van der Waals surface area contributed by atoms with Gasteiger partial charge in [-0.3, -0.25) is 9.59 Å². The molecular formula is C21H22ClN7O2. The van der Waals surface area contributed by atoms with Crippen molar-refractivity contribution in [2.24, 2.45) is 0 Å². The second-order valence-electron chi connectivity index (χ2n) is 7.01. The summed E-state index contributed by atoms with van der Waals surface area (Å²) in [6, 6.07) is 10.9. The molecule has 1 N–H and O–H groups in total. The third-order valence-electron chi connectivity index (χ3n) is 5.06. The Hall–Kier alpha value is -3.46. The molecule has 1 amide bonds. The summed E-state index contributed by atoms with van der Waals surface area (Å²) in [6.07, 6.45) is 5.26. The van der Waals surface area contributed by atoms with Crippen LogP contribution in [0.3, 0.4) is 0 Å². The van der Waals surface area contributed by atoms with Crippen molar-refractivity contribution in [3.63, 3.8) is 0 Å². The molecule has 9 nitrogen and oxygen atoms in total. The number of halogens is 1. The summed E-state index contributed by atoms with van der Waals surface area (Å²) in [6.45, 7) is 2.74. The number of hydrogen-bond donors (Lipinski definition) is 1. The Balaban J connectivity index is 1.34. The van der Waals surface area contributed by atoms with E-state index in [1.54, 1.807) is 36.8 Å². The fourth-order valence-electron chi connectivity index (χ4n) is 3.42. The minimum absolute atomic E-state index is 0.0619. The number of rotatable bonds is 6. The zero-order valence-corrected chi connectivity index (χ0v) is 17.6. The lowest BCUT2D eigenvalue weighted by Gasteiger charge is -2.36. The molecule has 0 bridgehead atoms. The van der Waals surface area contributed by atoms with Crippen molar-refractivity contribution < 1.29 is 4.79 Å². The van der Waals surface area contributed by atoms with Crippen LogP contribution in [-0.2, 0) is 4.79 Å². The summed E-state index contributed by atoms with van der Waals surface area (Å²) in [5, 5.41) is 7.45. The number of piperazine rings is 1. The molecule has 0 saturated carbocycles. The molecule has 0 unspecified atom stereocenters. The molecule has 1 aliphatic rings. The third-order valence-corrected chi connectivity index (χ3v) is 5.42. The number of aromatic nitrogens is 4. The average Bonchev–Trinajstić information content (AvgIpc) is 2.82. The molecule has 4 rings (SSSR count). The molecule has 3 aromatic rings. The van der Waals surface area contributed by atoms with Gasteiger partial charge in [-0.2, -0.15) is 9.78 Å². The van der Waals surface area contributed by atoms with Gasteiger partial charge in [-0.05, 0) is 18.2 Å². The van der Waals surface area contributed by atoms with E-state index in [2.05, 4.69) is 20.4 Å². The van der Waals surface area contributed by atoms with Gasteiger partial charge in [0.25, 0.3) is 5.56 Å². The topological polar surface area (TPSA) is 96.2 Å². The van der Waals surface area contributed by atoms with Gasteiger partial charge < -0.3 is 15.1 Å². The molecule has 0 spiro atoms. The molecule has 1 aromatic carbocycles. The zero-order valence-electron chi connectivity index (χ0n) is 16.8. The normalized spacial score (nSPS) is 13.8. The summed E-state index contributed by atoms with van der Waals surface area (Å²) in [5.74, 6) is 0.569. The molecule has 0 radical (unpaired) electrons.